The Bertz CT molecular complexity index is 40.3. The van der Waals surface area contributed by atoms with Gasteiger partial charge in [-0.05, 0) is 0 Å². The van der Waals surface area contributed by atoms with Gasteiger partial charge in [0.15, 0.2) is 17.4 Å². The Labute approximate surface area is 67.9 Å². The maximum Gasteiger partial charge on any atom is 2.00 e. The van der Waals surface area contributed by atoms with Gasteiger partial charge in [-0.25, -0.2) is 0 Å². The first-order valence-electron chi connectivity index (χ1n) is 0.532. The Hall–Kier alpha value is 1.37. The Kier molecular flexibility index (Phi) is 25.1. The van der Waals surface area contributed by atoms with Crippen LogP contribution in [0.2, 0.25) is 0 Å². The van der Waals surface area contributed by atoms with Crippen molar-refractivity contribution in [3.63, 3.8) is 0 Å². The molecule has 0 unspecified atom stereocenters. The summed E-state index contributed by atoms with van der Waals surface area (Å²) in [6.45, 7) is 0. The minimum absolute atomic E-state index is 0. The van der Waals surface area contributed by atoms with E-state index in [-0.39, 0.29) is 43.3 Å². The van der Waals surface area contributed by atoms with E-state index in [2.05, 4.69) is 0 Å². The zero-order chi connectivity index (χ0) is 3.58. The number of hydrogen-bond acceptors (Lipinski definition) is 1. The summed E-state index contributed by atoms with van der Waals surface area (Å²) in [4.78, 5) is 0. The average molecular weight is 138 g/mol. The van der Waals surface area contributed by atoms with Crippen LogP contribution < -0.4 is 0 Å². The van der Waals surface area contributed by atoms with Crippen LogP contribution in [-0.2, 0) is 11.4 Å². The molecule has 0 amide bonds. The normalized spacial score (nSPS) is 5.83. The Morgan fingerprint density at radius 3 is 1.50 bits per heavy atom. The van der Waals surface area contributed by atoms with Gasteiger partial charge in [-0.1, -0.05) is 0 Å². The van der Waals surface area contributed by atoms with Crippen LogP contribution in [0.5, 0.6) is 0 Å². The summed E-state index contributed by atoms with van der Waals surface area (Å²) in [5.74, 6) is 0. The summed E-state index contributed by atoms with van der Waals surface area (Å²) in [5.41, 5.74) is 0. The Morgan fingerprint density at radius 2 is 1.50 bits per heavy atom. The quantitative estimate of drug-likeness (QED) is 0.311. The average Bonchev–Trinajstić information content (AvgIpc) is 0.811. The molecule has 0 aliphatic carbocycles. The van der Waals surface area contributed by atoms with Crippen molar-refractivity contribution in [3.8, 4) is 0 Å². The molecule has 2 N–H and O–H groups in total. The second kappa shape index (κ2) is 9.62. The summed E-state index contributed by atoms with van der Waals surface area (Å²) < 4.78 is 22.8. The van der Waals surface area contributed by atoms with Crippen molar-refractivity contribution in [2.75, 3.05) is 0 Å². The molecular weight excluding hydrogens is 131 g/mol. The maximum atomic E-state index is 8.67. The van der Waals surface area contributed by atoms with Gasteiger partial charge in [0.05, 0.1) is 0 Å². The first kappa shape index (κ1) is 15.7. The van der Waals surface area contributed by atoms with Crippen LogP contribution in [0.15, 0.2) is 0 Å². The zero-order valence-electron chi connectivity index (χ0n) is 4.42. The molecule has 0 fully saturated rings. The van der Waals surface area contributed by atoms with Gasteiger partial charge in [-0.15, -0.1) is 0 Å². The van der Waals surface area contributed by atoms with E-state index in [1.54, 1.807) is 0 Å². The second-order valence-electron chi connectivity index (χ2n) is 0.231. The number of hydrogen-bond donors (Lipinski definition) is 2. The van der Waals surface area contributed by atoms with Gasteiger partial charge in [0, 0.05) is 0 Å². The summed E-state index contributed by atoms with van der Waals surface area (Å²) in [7, 11) is 0. The van der Waals surface area contributed by atoms with Crippen molar-refractivity contribution in [1.29, 1.82) is 0 Å². The molecule has 0 aromatic carbocycles. The molecular formula is H7AlMgO3S. The molecule has 0 heterocycles. The molecule has 0 saturated heterocycles. The van der Waals surface area contributed by atoms with Gasteiger partial charge in [0.25, 0.3) is 11.4 Å². The molecule has 0 bridgehead atoms. The molecule has 6 heavy (non-hydrogen) atoms. The van der Waals surface area contributed by atoms with Gasteiger partial charge < -0.3 is 2.85 Å². The standard InChI is InChI=1S/Al.Mg.H2O3S.5H/c;;1-4(2)3;;;;;/h;;(H2,1,2,3);;;;;/q;+2;;;;;2*-1. The van der Waals surface area contributed by atoms with E-state index in [1.807, 2.05) is 0 Å². The van der Waals surface area contributed by atoms with Gasteiger partial charge in [0.2, 0.25) is 0 Å². The minimum atomic E-state index is -2.61. The first-order chi connectivity index (χ1) is 1.73. The summed E-state index contributed by atoms with van der Waals surface area (Å²) in [6, 6.07) is 0. The molecule has 3 nitrogen and oxygen atoms in total. The van der Waals surface area contributed by atoms with Crippen molar-refractivity contribution in [2.24, 2.45) is 0 Å². The molecule has 0 radical (unpaired) electrons. The predicted octanol–water partition coefficient (Wildman–Crippen LogP) is -1.66. The van der Waals surface area contributed by atoms with Crippen molar-refractivity contribution in [3.05, 3.63) is 0 Å². The van der Waals surface area contributed by atoms with Crippen LogP contribution in [0.4, 0.5) is 0 Å². The molecule has 0 rings (SSSR count). The second-order valence-corrected chi connectivity index (χ2v) is 0.692. The van der Waals surface area contributed by atoms with Crippen LogP contribution in [0, 0.1) is 0 Å². The van der Waals surface area contributed by atoms with Crippen LogP contribution in [-0.4, -0.2) is 53.7 Å². The van der Waals surface area contributed by atoms with E-state index < -0.39 is 11.4 Å². The summed E-state index contributed by atoms with van der Waals surface area (Å²) in [6.07, 6.45) is 0. The molecule has 0 atom stereocenters. The molecule has 0 spiro atoms. The SMILES string of the molecule is O=S(O)O.[AlH3].[H-].[H-].[Mg+2]. The predicted molar refractivity (Wildman–Crippen MR) is 31.3 cm³/mol. The minimum Gasteiger partial charge on any atom is -1.00 e. The summed E-state index contributed by atoms with van der Waals surface area (Å²) >= 11 is -2.61. The molecule has 0 aromatic heterocycles. The molecule has 6 heteroatoms. The van der Waals surface area contributed by atoms with Crippen LogP contribution >= 0.6 is 0 Å². The van der Waals surface area contributed by atoms with E-state index in [0.29, 0.717) is 0 Å². The van der Waals surface area contributed by atoms with E-state index in [9.17, 15) is 0 Å². The Morgan fingerprint density at radius 1 is 1.50 bits per heavy atom. The monoisotopic (exact) mass is 138 g/mol. The number of rotatable bonds is 0. The van der Waals surface area contributed by atoms with E-state index in [0.717, 1.165) is 0 Å². The third-order valence-corrected chi connectivity index (χ3v) is 0. The van der Waals surface area contributed by atoms with E-state index in [4.69, 9.17) is 13.3 Å². The van der Waals surface area contributed by atoms with E-state index in [1.165, 1.54) is 0 Å². The molecule has 0 aromatic rings. The molecule has 0 saturated carbocycles. The zero-order valence-corrected chi connectivity index (χ0v) is 4.65. The van der Waals surface area contributed by atoms with Crippen molar-refractivity contribution in [2.45, 2.75) is 0 Å². The third kappa shape index (κ3) is 54.7. The smallest absolute Gasteiger partial charge is 1.00 e. The van der Waals surface area contributed by atoms with Crippen LogP contribution in [0.25, 0.3) is 0 Å². The fraction of sp³-hybridized carbons (Fsp3) is 0. The van der Waals surface area contributed by atoms with E-state index >= 15 is 0 Å². The van der Waals surface area contributed by atoms with Crippen molar-refractivity contribution < 1.29 is 16.2 Å². The van der Waals surface area contributed by atoms with Crippen molar-refractivity contribution in [1.82, 2.24) is 0 Å². The van der Waals surface area contributed by atoms with Gasteiger partial charge in [0.1, 0.15) is 0 Å². The largest absolute Gasteiger partial charge is 2.00 e. The fourth-order valence-electron chi connectivity index (χ4n) is 0. The molecule has 36 valence electrons. The van der Waals surface area contributed by atoms with Gasteiger partial charge in [-0.3, -0.25) is 9.11 Å². The maximum absolute atomic E-state index is 8.67. The van der Waals surface area contributed by atoms with Crippen LogP contribution in [0.3, 0.4) is 0 Å². The summed E-state index contributed by atoms with van der Waals surface area (Å²) in [5, 5.41) is 0. The topological polar surface area (TPSA) is 57.5 Å². The first-order valence-corrected chi connectivity index (χ1v) is 1.60. The van der Waals surface area contributed by atoms with Crippen LogP contribution in [0.1, 0.15) is 2.85 Å². The third-order valence-electron chi connectivity index (χ3n) is 0. The molecule has 0 aliphatic heterocycles. The van der Waals surface area contributed by atoms with Gasteiger partial charge in [-0.2, -0.15) is 4.21 Å². The Balaban J connectivity index is -0.00000000750. The fourth-order valence-corrected chi connectivity index (χ4v) is 0. The molecule has 0 aliphatic rings. The van der Waals surface area contributed by atoms with Crippen molar-refractivity contribution >= 4 is 51.8 Å². The van der Waals surface area contributed by atoms with Gasteiger partial charge >= 0.3 is 23.1 Å².